The summed E-state index contributed by atoms with van der Waals surface area (Å²) in [5, 5.41) is 9.30. The number of allylic oxidation sites excluding steroid dienone is 1. The van der Waals surface area contributed by atoms with Crippen molar-refractivity contribution in [2.75, 3.05) is 26.2 Å². The van der Waals surface area contributed by atoms with Gasteiger partial charge in [0.1, 0.15) is 6.61 Å². The number of fused-ring (bicyclic) bond motifs is 2. The molecule has 132 valence electrons. The number of hydrogen-bond donors (Lipinski definition) is 1. The molecule has 0 aromatic heterocycles. The van der Waals surface area contributed by atoms with Gasteiger partial charge in [-0.05, 0) is 55.4 Å². The van der Waals surface area contributed by atoms with Crippen LogP contribution in [0.15, 0.2) is 30.3 Å². The lowest BCUT2D eigenvalue weighted by Gasteiger charge is -2.40. The normalized spacial score (nSPS) is 20.1. The van der Waals surface area contributed by atoms with Crippen molar-refractivity contribution in [1.82, 2.24) is 4.90 Å². The highest BCUT2D eigenvalue weighted by molar-refractivity contribution is 6.23. The van der Waals surface area contributed by atoms with Crippen LogP contribution < -0.4 is 0 Å². The van der Waals surface area contributed by atoms with E-state index in [9.17, 15) is 9.90 Å². The zero-order chi connectivity index (χ0) is 17.4. The molecule has 0 saturated carbocycles. The molecule has 1 aromatic carbocycles. The van der Waals surface area contributed by atoms with Crippen LogP contribution in [0, 0.1) is 5.41 Å². The van der Waals surface area contributed by atoms with Gasteiger partial charge in [0.25, 0.3) is 0 Å². The molecule has 1 spiro atoms. The van der Waals surface area contributed by atoms with Crippen LogP contribution >= 0.6 is 0 Å². The van der Waals surface area contributed by atoms with Gasteiger partial charge in [0, 0.05) is 12.4 Å². The summed E-state index contributed by atoms with van der Waals surface area (Å²) in [7, 11) is 0. The molecule has 1 N–H and O–H groups in total. The SMILES string of the molecule is CC(C)(C)CCN1CCC2(C=C(C(=O)CO)c3ccccc32)CC1.[HH]. The molecule has 3 nitrogen and oxygen atoms in total. The highest BCUT2D eigenvalue weighted by atomic mass is 16.3. The quantitative estimate of drug-likeness (QED) is 0.916. The smallest absolute Gasteiger partial charge is 0.188 e. The van der Waals surface area contributed by atoms with Gasteiger partial charge in [-0.25, -0.2) is 0 Å². The second kappa shape index (κ2) is 6.45. The van der Waals surface area contributed by atoms with Gasteiger partial charge >= 0.3 is 0 Å². The Bertz CT molecular complexity index is 652. The zero-order valence-electron chi connectivity index (χ0n) is 15.1. The van der Waals surface area contributed by atoms with Gasteiger partial charge < -0.3 is 10.0 Å². The van der Waals surface area contributed by atoms with Crippen LogP contribution in [0.5, 0.6) is 0 Å². The summed E-state index contributed by atoms with van der Waals surface area (Å²) in [6, 6.07) is 8.23. The maximum absolute atomic E-state index is 12.2. The minimum absolute atomic E-state index is 0. The first-order valence-corrected chi connectivity index (χ1v) is 9.04. The lowest BCUT2D eigenvalue weighted by atomic mass is 9.74. The number of aliphatic hydroxyl groups excluding tert-OH is 1. The molecule has 3 rings (SSSR count). The first kappa shape index (κ1) is 17.4. The number of nitrogens with zero attached hydrogens (tertiary/aromatic N) is 1. The summed E-state index contributed by atoms with van der Waals surface area (Å²) in [6.45, 7) is 9.76. The summed E-state index contributed by atoms with van der Waals surface area (Å²) in [5.74, 6) is -0.158. The summed E-state index contributed by atoms with van der Waals surface area (Å²) >= 11 is 0. The summed E-state index contributed by atoms with van der Waals surface area (Å²) < 4.78 is 0. The molecule has 3 heteroatoms. The molecule has 0 unspecified atom stereocenters. The van der Waals surface area contributed by atoms with Gasteiger partial charge in [-0.1, -0.05) is 51.1 Å². The molecule has 1 saturated heterocycles. The fourth-order valence-electron chi connectivity index (χ4n) is 3.98. The third-order valence-electron chi connectivity index (χ3n) is 5.54. The Morgan fingerprint density at radius 2 is 1.92 bits per heavy atom. The summed E-state index contributed by atoms with van der Waals surface area (Å²) in [4.78, 5) is 14.7. The van der Waals surface area contributed by atoms with E-state index in [1.807, 2.05) is 12.1 Å². The van der Waals surface area contributed by atoms with Crippen LogP contribution in [0.25, 0.3) is 5.57 Å². The predicted molar refractivity (Wildman–Crippen MR) is 100 cm³/mol. The maximum atomic E-state index is 12.2. The fraction of sp³-hybridized carbons (Fsp3) is 0.571. The lowest BCUT2D eigenvalue weighted by Crippen LogP contribution is -2.42. The van der Waals surface area contributed by atoms with Crippen molar-refractivity contribution in [3.63, 3.8) is 0 Å². The van der Waals surface area contributed by atoms with E-state index in [2.05, 4.69) is 43.9 Å². The monoisotopic (exact) mass is 329 g/mol. The number of hydrogen-bond acceptors (Lipinski definition) is 3. The number of rotatable bonds is 4. The van der Waals surface area contributed by atoms with Crippen molar-refractivity contribution in [2.45, 2.75) is 45.4 Å². The molecule has 2 aliphatic rings. The molecule has 1 aliphatic heterocycles. The largest absolute Gasteiger partial charge is 0.388 e. The van der Waals surface area contributed by atoms with E-state index < -0.39 is 6.61 Å². The van der Waals surface area contributed by atoms with Gasteiger partial charge in [0.05, 0.1) is 0 Å². The highest BCUT2D eigenvalue weighted by Gasteiger charge is 2.41. The number of aliphatic hydroxyl groups is 1. The third kappa shape index (κ3) is 3.33. The first-order chi connectivity index (χ1) is 11.3. The van der Waals surface area contributed by atoms with Crippen LogP contribution in [0.1, 0.15) is 52.6 Å². The number of likely N-dealkylation sites (tertiary alicyclic amines) is 1. The molecule has 0 bridgehead atoms. The predicted octanol–water partition coefficient (Wildman–Crippen LogP) is 3.66. The van der Waals surface area contributed by atoms with E-state index in [1.54, 1.807) is 0 Å². The molecule has 1 fully saturated rings. The Kier molecular flexibility index (Phi) is 4.67. The van der Waals surface area contributed by atoms with Crippen LogP contribution in [-0.2, 0) is 10.2 Å². The number of carbonyl (C=O) groups excluding carboxylic acids is 1. The Balaban J connectivity index is 0.00000225. The van der Waals surface area contributed by atoms with Crippen LogP contribution in [0.3, 0.4) is 0 Å². The van der Waals surface area contributed by atoms with Crippen molar-refractivity contribution in [3.05, 3.63) is 41.5 Å². The Hall–Kier alpha value is -1.45. The van der Waals surface area contributed by atoms with Crippen LogP contribution in [0.4, 0.5) is 0 Å². The lowest BCUT2D eigenvalue weighted by molar-refractivity contribution is -0.116. The molecule has 1 aromatic rings. The Morgan fingerprint density at radius 1 is 1.25 bits per heavy atom. The fourth-order valence-corrected chi connectivity index (χ4v) is 3.98. The standard InChI is InChI=1S/C21H29NO2.H2/c1-20(2,3)8-11-22-12-9-21(10-13-22)14-17(19(24)15-23)16-6-4-5-7-18(16)21;/h4-7,14,23H,8-13,15H2,1-3H3;1H. The van der Waals surface area contributed by atoms with E-state index in [-0.39, 0.29) is 12.6 Å². The zero-order valence-corrected chi connectivity index (χ0v) is 15.1. The first-order valence-electron chi connectivity index (χ1n) is 9.04. The minimum Gasteiger partial charge on any atom is -0.388 e. The molecular formula is C21H31NO2. The van der Waals surface area contributed by atoms with Crippen molar-refractivity contribution < 1.29 is 11.3 Å². The molecule has 24 heavy (non-hydrogen) atoms. The topological polar surface area (TPSA) is 40.5 Å². The molecule has 0 amide bonds. The van der Waals surface area contributed by atoms with E-state index in [0.29, 0.717) is 5.41 Å². The summed E-state index contributed by atoms with van der Waals surface area (Å²) in [5.41, 5.74) is 3.37. The maximum Gasteiger partial charge on any atom is 0.188 e. The van der Waals surface area contributed by atoms with Crippen molar-refractivity contribution >= 4 is 11.4 Å². The highest BCUT2D eigenvalue weighted by Crippen LogP contribution is 2.47. The van der Waals surface area contributed by atoms with Gasteiger partial charge in [0.2, 0.25) is 0 Å². The number of carbonyl (C=O) groups is 1. The Morgan fingerprint density at radius 3 is 2.54 bits per heavy atom. The molecule has 1 heterocycles. The van der Waals surface area contributed by atoms with Crippen molar-refractivity contribution in [2.24, 2.45) is 5.41 Å². The van der Waals surface area contributed by atoms with Gasteiger partial charge in [-0.2, -0.15) is 0 Å². The van der Waals surface area contributed by atoms with Crippen molar-refractivity contribution in [3.8, 4) is 0 Å². The van der Waals surface area contributed by atoms with Gasteiger partial charge in [-0.15, -0.1) is 0 Å². The van der Waals surface area contributed by atoms with Crippen LogP contribution in [0.2, 0.25) is 0 Å². The van der Waals surface area contributed by atoms with Gasteiger partial charge in [0.15, 0.2) is 5.78 Å². The van der Waals surface area contributed by atoms with E-state index in [4.69, 9.17) is 0 Å². The molecule has 0 atom stereocenters. The second-order valence-electron chi connectivity index (χ2n) is 8.49. The summed E-state index contributed by atoms with van der Waals surface area (Å²) in [6.07, 6.45) is 5.46. The van der Waals surface area contributed by atoms with Gasteiger partial charge in [-0.3, -0.25) is 4.79 Å². The molecule has 0 radical (unpaired) electrons. The minimum atomic E-state index is -0.409. The average molecular weight is 329 g/mol. The van der Waals surface area contributed by atoms with E-state index in [0.717, 1.165) is 43.6 Å². The number of benzene rings is 1. The van der Waals surface area contributed by atoms with E-state index >= 15 is 0 Å². The number of ketones is 1. The van der Waals surface area contributed by atoms with Crippen LogP contribution in [-0.4, -0.2) is 42.0 Å². The Labute approximate surface area is 146 Å². The van der Waals surface area contributed by atoms with E-state index in [1.165, 1.54) is 12.0 Å². The van der Waals surface area contributed by atoms with Crippen molar-refractivity contribution in [1.29, 1.82) is 0 Å². The number of piperidine rings is 1. The average Bonchev–Trinajstić information content (AvgIpc) is 2.88. The third-order valence-corrected chi connectivity index (χ3v) is 5.54. The number of Topliss-reactive ketones (excluding diaryl/α,β-unsaturated/α-hetero) is 1. The second-order valence-corrected chi connectivity index (χ2v) is 8.49. The molecule has 1 aliphatic carbocycles. The molecular weight excluding hydrogens is 298 g/mol.